The van der Waals surface area contributed by atoms with Gasteiger partial charge in [0.05, 0.1) is 33.0 Å². The van der Waals surface area contributed by atoms with Crippen LogP contribution in [0.25, 0.3) is 0 Å². The van der Waals surface area contributed by atoms with Crippen LogP contribution in [-0.4, -0.2) is 45.5 Å². The Labute approximate surface area is 191 Å². The summed E-state index contributed by atoms with van der Waals surface area (Å²) in [5.41, 5.74) is 3.18. The van der Waals surface area contributed by atoms with E-state index in [-0.39, 0.29) is 0 Å². The van der Waals surface area contributed by atoms with E-state index in [4.69, 9.17) is 23.9 Å². The van der Waals surface area contributed by atoms with Crippen LogP contribution in [0.2, 0.25) is 0 Å². The standard InChI is InChI=1S/C25H35N3O4/c1-4-26-25(28-21-9-10-23(31-5-2)24(16-21)29-3)27-17-19-7-6-8-20(15-19)18-32-22-11-13-30-14-12-22/h6-10,15-16,22H,4-5,11-14,17-18H2,1-3H3,(H2,26,27,28). The highest BCUT2D eigenvalue weighted by Crippen LogP contribution is 2.30. The molecular formula is C25H35N3O4. The second-order valence-electron chi connectivity index (χ2n) is 7.56. The van der Waals surface area contributed by atoms with Gasteiger partial charge in [-0.1, -0.05) is 24.3 Å². The van der Waals surface area contributed by atoms with Crippen LogP contribution >= 0.6 is 0 Å². The van der Waals surface area contributed by atoms with Crippen molar-refractivity contribution in [1.82, 2.24) is 5.32 Å². The molecule has 2 aromatic rings. The van der Waals surface area contributed by atoms with Gasteiger partial charge in [-0.25, -0.2) is 4.99 Å². The van der Waals surface area contributed by atoms with Crippen molar-refractivity contribution >= 4 is 11.6 Å². The second-order valence-corrected chi connectivity index (χ2v) is 7.56. The van der Waals surface area contributed by atoms with Gasteiger partial charge < -0.3 is 29.6 Å². The fourth-order valence-electron chi connectivity index (χ4n) is 3.51. The van der Waals surface area contributed by atoms with Crippen LogP contribution in [0, 0.1) is 0 Å². The number of methoxy groups -OCH3 is 1. The third-order valence-corrected chi connectivity index (χ3v) is 5.14. The van der Waals surface area contributed by atoms with Crippen LogP contribution in [0.15, 0.2) is 47.5 Å². The van der Waals surface area contributed by atoms with Gasteiger partial charge in [-0.2, -0.15) is 0 Å². The maximum absolute atomic E-state index is 6.05. The zero-order chi connectivity index (χ0) is 22.6. The molecule has 0 spiro atoms. The molecule has 1 fully saturated rings. The quantitative estimate of drug-likeness (QED) is 0.421. The van der Waals surface area contributed by atoms with Crippen molar-refractivity contribution in [3.63, 3.8) is 0 Å². The number of ether oxygens (including phenoxy) is 4. The molecule has 0 aliphatic carbocycles. The molecule has 7 heteroatoms. The topological polar surface area (TPSA) is 73.3 Å². The van der Waals surface area contributed by atoms with E-state index in [0.29, 0.717) is 37.6 Å². The van der Waals surface area contributed by atoms with E-state index in [1.165, 1.54) is 5.56 Å². The SMILES string of the molecule is CCNC(=NCc1cccc(COC2CCOCC2)c1)Nc1ccc(OCC)c(OC)c1. The number of nitrogens with zero attached hydrogens (tertiary/aromatic N) is 1. The van der Waals surface area contributed by atoms with Gasteiger partial charge in [0.25, 0.3) is 0 Å². The molecule has 0 amide bonds. The van der Waals surface area contributed by atoms with Crippen molar-refractivity contribution in [3.05, 3.63) is 53.6 Å². The highest BCUT2D eigenvalue weighted by Gasteiger charge is 2.14. The summed E-state index contributed by atoms with van der Waals surface area (Å²) >= 11 is 0. The second kappa shape index (κ2) is 12.9. The lowest BCUT2D eigenvalue weighted by atomic mass is 10.1. The lowest BCUT2D eigenvalue weighted by Crippen LogP contribution is -2.30. The van der Waals surface area contributed by atoms with E-state index in [9.17, 15) is 0 Å². The molecule has 3 rings (SSSR count). The fraction of sp³-hybridized carbons (Fsp3) is 0.480. The average molecular weight is 442 g/mol. The summed E-state index contributed by atoms with van der Waals surface area (Å²) in [7, 11) is 1.64. The Kier molecular flexibility index (Phi) is 9.65. The summed E-state index contributed by atoms with van der Waals surface area (Å²) in [5.74, 6) is 2.12. The van der Waals surface area contributed by atoms with Gasteiger partial charge in [-0.3, -0.25) is 0 Å². The number of hydrogen-bond acceptors (Lipinski definition) is 5. The first-order chi connectivity index (χ1) is 15.7. The van der Waals surface area contributed by atoms with Gasteiger partial charge in [-0.15, -0.1) is 0 Å². The van der Waals surface area contributed by atoms with Gasteiger partial charge in [0.1, 0.15) is 0 Å². The lowest BCUT2D eigenvalue weighted by molar-refractivity contribution is -0.0390. The van der Waals surface area contributed by atoms with Crippen molar-refractivity contribution in [1.29, 1.82) is 0 Å². The first-order valence-corrected chi connectivity index (χ1v) is 11.3. The number of aliphatic imine (C=N–C) groups is 1. The van der Waals surface area contributed by atoms with Gasteiger partial charge >= 0.3 is 0 Å². The molecule has 0 atom stereocenters. The molecule has 1 aliphatic heterocycles. The maximum atomic E-state index is 6.05. The van der Waals surface area contributed by atoms with Crippen molar-refractivity contribution in [2.24, 2.45) is 4.99 Å². The molecule has 0 saturated carbocycles. The van der Waals surface area contributed by atoms with E-state index in [2.05, 4.69) is 34.9 Å². The highest BCUT2D eigenvalue weighted by molar-refractivity contribution is 5.93. The van der Waals surface area contributed by atoms with Crippen LogP contribution in [0.3, 0.4) is 0 Å². The predicted octanol–water partition coefficient (Wildman–Crippen LogP) is 4.37. The minimum atomic E-state index is 0.293. The zero-order valence-corrected chi connectivity index (χ0v) is 19.4. The maximum Gasteiger partial charge on any atom is 0.196 e. The van der Waals surface area contributed by atoms with Crippen LogP contribution in [0.4, 0.5) is 5.69 Å². The van der Waals surface area contributed by atoms with E-state index in [0.717, 1.165) is 49.6 Å². The Morgan fingerprint density at radius 2 is 1.88 bits per heavy atom. The highest BCUT2D eigenvalue weighted by atomic mass is 16.5. The molecule has 2 aromatic carbocycles. The Balaban J connectivity index is 1.62. The normalized spacial score (nSPS) is 14.8. The third-order valence-electron chi connectivity index (χ3n) is 5.14. The van der Waals surface area contributed by atoms with E-state index >= 15 is 0 Å². The van der Waals surface area contributed by atoms with Crippen molar-refractivity contribution < 1.29 is 18.9 Å². The zero-order valence-electron chi connectivity index (χ0n) is 19.4. The molecule has 1 aliphatic rings. The number of anilines is 1. The number of benzene rings is 2. The Morgan fingerprint density at radius 3 is 2.62 bits per heavy atom. The summed E-state index contributed by atoms with van der Waals surface area (Å²) in [6.07, 6.45) is 2.23. The van der Waals surface area contributed by atoms with Crippen molar-refractivity contribution in [2.45, 2.75) is 45.9 Å². The number of nitrogens with one attached hydrogen (secondary N) is 2. The van der Waals surface area contributed by atoms with Gasteiger partial charge in [0, 0.05) is 31.5 Å². The summed E-state index contributed by atoms with van der Waals surface area (Å²) in [4.78, 5) is 4.75. The molecule has 32 heavy (non-hydrogen) atoms. The van der Waals surface area contributed by atoms with Crippen molar-refractivity contribution in [2.75, 3.05) is 38.8 Å². The molecule has 0 unspecified atom stereocenters. The molecule has 174 valence electrons. The van der Waals surface area contributed by atoms with Gasteiger partial charge in [0.15, 0.2) is 17.5 Å². The van der Waals surface area contributed by atoms with Gasteiger partial charge in [0.2, 0.25) is 0 Å². The minimum Gasteiger partial charge on any atom is -0.493 e. The summed E-state index contributed by atoms with van der Waals surface area (Å²) in [5, 5.41) is 6.64. The Bertz CT molecular complexity index is 866. The fourth-order valence-corrected chi connectivity index (χ4v) is 3.51. The predicted molar refractivity (Wildman–Crippen MR) is 128 cm³/mol. The summed E-state index contributed by atoms with van der Waals surface area (Å²) in [6, 6.07) is 14.2. The third kappa shape index (κ3) is 7.43. The molecular weight excluding hydrogens is 406 g/mol. The van der Waals surface area contributed by atoms with Crippen LogP contribution < -0.4 is 20.1 Å². The molecule has 0 bridgehead atoms. The van der Waals surface area contributed by atoms with Crippen LogP contribution in [0.5, 0.6) is 11.5 Å². The van der Waals surface area contributed by atoms with E-state index in [1.54, 1.807) is 7.11 Å². The van der Waals surface area contributed by atoms with Crippen LogP contribution in [0.1, 0.15) is 37.8 Å². The largest absolute Gasteiger partial charge is 0.493 e. The molecule has 1 saturated heterocycles. The molecule has 1 heterocycles. The Hall–Kier alpha value is -2.77. The first kappa shape index (κ1) is 23.9. The first-order valence-electron chi connectivity index (χ1n) is 11.3. The van der Waals surface area contributed by atoms with Gasteiger partial charge in [-0.05, 0) is 49.9 Å². The molecule has 0 radical (unpaired) electrons. The number of guanidine groups is 1. The minimum absolute atomic E-state index is 0.293. The molecule has 0 aromatic heterocycles. The Morgan fingerprint density at radius 1 is 1.06 bits per heavy atom. The lowest BCUT2D eigenvalue weighted by Gasteiger charge is -2.22. The monoisotopic (exact) mass is 441 g/mol. The average Bonchev–Trinajstić information content (AvgIpc) is 2.83. The summed E-state index contributed by atoms with van der Waals surface area (Å²) < 4.78 is 22.5. The number of hydrogen-bond donors (Lipinski definition) is 2. The van der Waals surface area contributed by atoms with E-state index in [1.807, 2.05) is 32.0 Å². The van der Waals surface area contributed by atoms with Crippen LogP contribution in [-0.2, 0) is 22.6 Å². The smallest absolute Gasteiger partial charge is 0.196 e. The van der Waals surface area contributed by atoms with E-state index < -0.39 is 0 Å². The molecule has 2 N–H and O–H groups in total. The summed E-state index contributed by atoms with van der Waals surface area (Å²) in [6.45, 7) is 8.12. The van der Waals surface area contributed by atoms with Crippen molar-refractivity contribution in [3.8, 4) is 11.5 Å². The molecule has 7 nitrogen and oxygen atoms in total. The number of rotatable bonds is 10.